The summed E-state index contributed by atoms with van der Waals surface area (Å²) in [7, 11) is 0. The van der Waals surface area contributed by atoms with Gasteiger partial charge in [0, 0.05) is 18.7 Å². The molecule has 1 saturated heterocycles. The van der Waals surface area contributed by atoms with Crippen LogP contribution in [0.1, 0.15) is 24.8 Å². The van der Waals surface area contributed by atoms with E-state index in [-0.39, 0.29) is 11.7 Å². The Bertz CT molecular complexity index is 514. The van der Waals surface area contributed by atoms with Crippen molar-refractivity contribution in [2.24, 2.45) is 0 Å². The molecule has 21 heavy (non-hydrogen) atoms. The summed E-state index contributed by atoms with van der Waals surface area (Å²) >= 11 is 0. The van der Waals surface area contributed by atoms with E-state index in [0.29, 0.717) is 12.6 Å². The lowest BCUT2D eigenvalue weighted by atomic mass is 10.0. The van der Waals surface area contributed by atoms with Crippen molar-refractivity contribution in [1.29, 1.82) is 0 Å². The van der Waals surface area contributed by atoms with Crippen LogP contribution in [0.3, 0.4) is 0 Å². The summed E-state index contributed by atoms with van der Waals surface area (Å²) in [6.45, 7) is 1.34. The van der Waals surface area contributed by atoms with Gasteiger partial charge in [0.2, 0.25) is 0 Å². The Balaban J connectivity index is 2.12. The van der Waals surface area contributed by atoms with Gasteiger partial charge >= 0.3 is 6.18 Å². The number of hydrogen-bond acceptors (Lipinski definition) is 4. The Hall–Kier alpha value is -1.83. The number of nitrogens with zero attached hydrogens (tertiary/aromatic N) is 1. The molecule has 1 aromatic carbocycles. The third-order valence-electron chi connectivity index (χ3n) is 3.47. The number of hydrogen-bond donors (Lipinski definition) is 2. The highest BCUT2D eigenvalue weighted by Crippen LogP contribution is 2.34. The van der Waals surface area contributed by atoms with E-state index in [0.717, 1.165) is 37.9 Å². The van der Waals surface area contributed by atoms with E-state index in [2.05, 4.69) is 10.6 Å². The van der Waals surface area contributed by atoms with Gasteiger partial charge in [0.25, 0.3) is 5.69 Å². The lowest BCUT2D eigenvalue weighted by molar-refractivity contribution is -0.384. The van der Waals surface area contributed by atoms with Gasteiger partial charge in [0.05, 0.1) is 10.5 Å². The maximum atomic E-state index is 12.6. The molecule has 0 amide bonds. The normalized spacial score (nSPS) is 19.3. The van der Waals surface area contributed by atoms with Crippen molar-refractivity contribution in [2.75, 3.05) is 18.4 Å². The van der Waals surface area contributed by atoms with Crippen molar-refractivity contribution in [3.05, 3.63) is 33.9 Å². The van der Waals surface area contributed by atoms with Gasteiger partial charge in [0.1, 0.15) is 5.69 Å². The second-order valence-electron chi connectivity index (χ2n) is 5.01. The molecule has 0 aliphatic carbocycles. The molecule has 1 atom stereocenters. The molecular formula is C13H16F3N3O2. The molecule has 0 radical (unpaired) electrons. The van der Waals surface area contributed by atoms with E-state index in [1.807, 2.05) is 0 Å². The minimum atomic E-state index is -4.59. The third kappa shape index (κ3) is 4.07. The summed E-state index contributed by atoms with van der Waals surface area (Å²) in [5, 5.41) is 17.1. The summed E-state index contributed by atoms with van der Waals surface area (Å²) in [5.41, 5.74) is -1.46. The molecule has 0 saturated carbocycles. The van der Waals surface area contributed by atoms with E-state index in [1.54, 1.807) is 0 Å². The molecule has 1 fully saturated rings. The van der Waals surface area contributed by atoms with Crippen LogP contribution in [0.25, 0.3) is 0 Å². The monoisotopic (exact) mass is 303 g/mol. The molecule has 1 aliphatic rings. The van der Waals surface area contributed by atoms with Crippen LogP contribution in [-0.4, -0.2) is 24.1 Å². The fourth-order valence-corrected chi connectivity index (χ4v) is 2.34. The average Bonchev–Trinajstić information content (AvgIpc) is 2.45. The standard InChI is InChI=1S/C13H16F3N3O2/c14-13(15,16)9-4-5-11(12(7-9)19(20)21)18-8-10-3-1-2-6-17-10/h4-5,7,10,17-18H,1-3,6,8H2. The van der Waals surface area contributed by atoms with Crippen LogP contribution in [0.5, 0.6) is 0 Å². The van der Waals surface area contributed by atoms with Crippen LogP contribution in [0, 0.1) is 10.1 Å². The van der Waals surface area contributed by atoms with Gasteiger partial charge in [-0.1, -0.05) is 6.42 Å². The number of halogens is 3. The van der Waals surface area contributed by atoms with Crippen molar-refractivity contribution >= 4 is 11.4 Å². The second kappa shape index (κ2) is 6.30. The average molecular weight is 303 g/mol. The van der Waals surface area contributed by atoms with Gasteiger partial charge < -0.3 is 10.6 Å². The van der Waals surface area contributed by atoms with E-state index in [4.69, 9.17) is 0 Å². The number of nitrogens with one attached hydrogen (secondary N) is 2. The number of nitro benzene ring substituents is 1. The smallest absolute Gasteiger partial charge is 0.378 e. The number of piperidine rings is 1. The van der Waals surface area contributed by atoms with E-state index in [9.17, 15) is 23.3 Å². The van der Waals surface area contributed by atoms with Gasteiger partial charge in [0.15, 0.2) is 0 Å². The molecule has 2 N–H and O–H groups in total. The molecular weight excluding hydrogens is 287 g/mol. The maximum Gasteiger partial charge on any atom is 0.416 e. The predicted molar refractivity (Wildman–Crippen MR) is 72.2 cm³/mol. The van der Waals surface area contributed by atoms with Gasteiger partial charge in [-0.2, -0.15) is 13.2 Å². The van der Waals surface area contributed by atoms with Crippen molar-refractivity contribution in [3.8, 4) is 0 Å². The zero-order valence-electron chi connectivity index (χ0n) is 11.2. The van der Waals surface area contributed by atoms with E-state index < -0.39 is 22.4 Å². The number of anilines is 1. The van der Waals surface area contributed by atoms with Crippen LogP contribution in [0.4, 0.5) is 24.5 Å². The lowest BCUT2D eigenvalue weighted by Gasteiger charge is -2.24. The largest absolute Gasteiger partial charge is 0.416 e. The quantitative estimate of drug-likeness (QED) is 0.662. The first-order valence-corrected chi connectivity index (χ1v) is 6.71. The first kappa shape index (κ1) is 15.6. The van der Waals surface area contributed by atoms with Crippen LogP contribution < -0.4 is 10.6 Å². The summed E-state index contributed by atoms with van der Waals surface area (Å²) < 4.78 is 37.8. The number of nitro groups is 1. The Morgan fingerprint density at radius 2 is 2.14 bits per heavy atom. The Morgan fingerprint density at radius 1 is 1.38 bits per heavy atom. The van der Waals surface area contributed by atoms with Crippen molar-refractivity contribution < 1.29 is 18.1 Å². The summed E-state index contributed by atoms with van der Waals surface area (Å²) in [5.74, 6) is 0. The molecule has 1 unspecified atom stereocenters. The molecule has 2 rings (SSSR count). The SMILES string of the molecule is O=[N+]([O-])c1cc(C(F)(F)F)ccc1NCC1CCCCN1. The van der Waals surface area contributed by atoms with Crippen LogP contribution >= 0.6 is 0 Å². The van der Waals surface area contributed by atoms with Crippen molar-refractivity contribution in [2.45, 2.75) is 31.5 Å². The molecule has 1 aliphatic heterocycles. The van der Waals surface area contributed by atoms with Gasteiger partial charge in [-0.15, -0.1) is 0 Å². The highest BCUT2D eigenvalue weighted by Gasteiger charge is 2.33. The Kier molecular flexibility index (Phi) is 4.66. The summed E-state index contributed by atoms with van der Waals surface area (Å²) in [6.07, 6.45) is -1.47. The molecule has 1 heterocycles. The number of rotatable bonds is 4. The minimum absolute atomic E-state index is 0.111. The Labute approximate surface area is 119 Å². The topological polar surface area (TPSA) is 67.2 Å². The molecule has 1 aromatic rings. The first-order valence-electron chi connectivity index (χ1n) is 6.71. The first-order chi connectivity index (χ1) is 9.88. The summed E-state index contributed by atoms with van der Waals surface area (Å²) in [6, 6.07) is 2.71. The van der Waals surface area contributed by atoms with Crippen molar-refractivity contribution in [1.82, 2.24) is 5.32 Å². The third-order valence-corrected chi connectivity index (χ3v) is 3.47. The zero-order chi connectivity index (χ0) is 15.5. The molecule has 8 heteroatoms. The maximum absolute atomic E-state index is 12.6. The molecule has 0 bridgehead atoms. The zero-order valence-corrected chi connectivity index (χ0v) is 11.2. The molecule has 5 nitrogen and oxygen atoms in total. The minimum Gasteiger partial charge on any atom is -0.378 e. The number of benzene rings is 1. The molecule has 0 aromatic heterocycles. The van der Waals surface area contributed by atoms with Crippen LogP contribution in [0.15, 0.2) is 18.2 Å². The Morgan fingerprint density at radius 3 is 2.71 bits per heavy atom. The van der Waals surface area contributed by atoms with Crippen LogP contribution in [-0.2, 0) is 6.18 Å². The van der Waals surface area contributed by atoms with Gasteiger partial charge in [-0.25, -0.2) is 0 Å². The fraction of sp³-hybridized carbons (Fsp3) is 0.538. The fourth-order valence-electron chi connectivity index (χ4n) is 2.34. The number of alkyl halides is 3. The molecule has 0 spiro atoms. The van der Waals surface area contributed by atoms with Crippen LogP contribution in [0.2, 0.25) is 0 Å². The second-order valence-corrected chi connectivity index (χ2v) is 5.01. The van der Waals surface area contributed by atoms with Gasteiger partial charge in [-0.3, -0.25) is 10.1 Å². The van der Waals surface area contributed by atoms with E-state index >= 15 is 0 Å². The lowest BCUT2D eigenvalue weighted by Crippen LogP contribution is -2.39. The highest BCUT2D eigenvalue weighted by molar-refractivity contribution is 5.63. The van der Waals surface area contributed by atoms with E-state index in [1.165, 1.54) is 0 Å². The molecule has 116 valence electrons. The highest BCUT2D eigenvalue weighted by atomic mass is 19.4. The predicted octanol–water partition coefficient (Wildman–Crippen LogP) is 3.17. The van der Waals surface area contributed by atoms with Crippen molar-refractivity contribution in [3.63, 3.8) is 0 Å². The summed E-state index contributed by atoms with van der Waals surface area (Å²) in [4.78, 5) is 10.1. The van der Waals surface area contributed by atoms with Gasteiger partial charge in [-0.05, 0) is 31.5 Å².